The van der Waals surface area contributed by atoms with Crippen LogP contribution in [0.5, 0.6) is 5.75 Å². The fourth-order valence-electron chi connectivity index (χ4n) is 3.31. The van der Waals surface area contributed by atoms with E-state index >= 15 is 0 Å². The Balaban J connectivity index is 1.46. The Labute approximate surface area is 193 Å². The first-order chi connectivity index (χ1) is 15.6. The Morgan fingerprint density at radius 3 is 2.75 bits per heavy atom. The van der Waals surface area contributed by atoms with Gasteiger partial charge in [0.1, 0.15) is 16.3 Å². The third-order valence-corrected chi connectivity index (χ3v) is 7.08. The summed E-state index contributed by atoms with van der Waals surface area (Å²) < 4.78 is 5.81. The molecule has 0 fully saturated rings. The van der Waals surface area contributed by atoms with Gasteiger partial charge in [0.05, 0.1) is 32.3 Å². The second kappa shape index (κ2) is 10.1. The Kier molecular flexibility index (Phi) is 6.99. The van der Waals surface area contributed by atoms with Crippen LogP contribution in [0.1, 0.15) is 17.6 Å². The Morgan fingerprint density at radius 2 is 2.06 bits per heavy atom. The minimum atomic E-state index is -0.159. The minimum absolute atomic E-state index is 0.0546. The average Bonchev–Trinajstić information content (AvgIpc) is 3.47. The van der Waals surface area contributed by atoms with Crippen LogP contribution in [0.4, 0.5) is 0 Å². The maximum absolute atomic E-state index is 12.7. The molecule has 0 aliphatic carbocycles. The first kappa shape index (κ1) is 22.2. The molecule has 0 aliphatic heterocycles. The van der Waals surface area contributed by atoms with Crippen LogP contribution in [0.3, 0.4) is 0 Å². The van der Waals surface area contributed by atoms with Gasteiger partial charge in [-0.1, -0.05) is 13.0 Å². The van der Waals surface area contributed by atoms with Crippen LogP contribution in [0.15, 0.2) is 52.6 Å². The number of rotatable bonds is 9. The number of methoxy groups -OCH3 is 1. The summed E-state index contributed by atoms with van der Waals surface area (Å²) in [6, 6.07) is 13.6. The van der Waals surface area contributed by atoms with Gasteiger partial charge >= 0.3 is 0 Å². The van der Waals surface area contributed by atoms with Gasteiger partial charge < -0.3 is 15.0 Å². The molecule has 7 nitrogen and oxygen atoms in total. The molecule has 4 aromatic rings. The van der Waals surface area contributed by atoms with Gasteiger partial charge in [-0.2, -0.15) is 0 Å². The molecule has 1 amide bonds. The van der Waals surface area contributed by atoms with Crippen molar-refractivity contribution >= 4 is 38.8 Å². The maximum Gasteiger partial charge on any atom is 0.268 e. The third kappa shape index (κ3) is 5.24. The zero-order chi connectivity index (χ0) is 22.5. The summed E-state index contributed by atoms with van der Waals surface area (Å²) in [5.74, 6) is 1.28. The van der Waals surface area contributed by atoms with Crippen LogP contribution in [0.2, 0.25) is 0 Å². The smallest absolute Gasteiger partial charge is 0.268 e. The molecule has 2 N–H and O–H groups in total. The number of fused-ring (bicyclic) bond motifs is 1. The molecule has 1 aromatic carbocycles. The SMILES string of the molecule is CCN(CC(=O)NCc1cccs1)Cc1nc2cc(-c3ccc(OC)cc3)sc2c(=O)[nH]1. The van der Waals surface area contributed by atoms with Crippen molar-refractivity contribution in [1.29, 1.82) is 0 Å². The molecule has 3 heterocycles. The van der Waals surface area contributed by atoms with Crippen LogP contribution in [-0.4, -0.2) is 41.0 Å². The van der Waals surface area contributed by atoms with Gasteiger partial charge in [0.25, 0.3) is 5.56 Å². The van der Waals surface area contributed by atoms with E-state index in [1.54, 1.807) is 18.4 Å². The zero-order valence-corrected chi connectivity index (χ0v) is 19.5. The predicted octanol–water partition coefficient (Wildman–Crippen LogP) is 3.86. The lowest BCUT2D eigenvalue weighted by Crippen LogP contribution is -2.37. The second-order valence-electron chi connectivity index (χ2n) is 7.23. The van der Waals surface area contributed by atoms with Gasteiger partial charge in [-0.3, -0.25) is 14.5 Å². The monoisotopic (exact) mass is 468 g/mol. The van der Waals surface area contributed by atoms with E-state index in [0.29, 0.717) is 35.7 Å². The van der Waals surface area contributed by atoms with E-state index in [-0.39, 0.29) is 18.0 Å². The van der Waals surface area contributed by atoms with Crippen molar-refractivity contribution in [2.24, 2.45) is 0 Å². The Morgan fingerprint density at radius 1 is 1.25 bits per heavy atom. The second-order valence-corrected chi connectivity index (χ2v) is 9.31. The van der Waals surface area contributed by atoms with Crippen LogP contribution in [0, 0.1) is 0 Å². The summed E-state index contributed by atoms with van der Waals surface area (Å²) in [6.45, 7) is 3.80. The van der Waals surface area contributed by atoms with E-state index in [9.17, 15) is 9.59 Å². The molecule has 0 saturated heterocycles. The highest BCUT2D eigenvalue weighted by Crippen LogP contribution is 2.31. The summed E-state index contributed by atoms with van der Waals surface area (Å²) >= 11 is 3.03. The van der Waals surface area contributed by atoms with E-state index in [1.165, 1.54) is 11.3 Å². The molecule has 0 aliphatic rings. The van der Waals surface area contributed by atoms with Crippen LogP contribution >= 0.6 is 22.7 Å². The summed E-state index contributed by atoms with van der Waals surface area (Å²) in [6.07, 6.45) is 0. The normalized spacial score (nSPS) is 11.2. The number of H-pyrrole nitrogens is 1. The molecular weight excluding hydrogens is 444 g/mol. The van der Waals surface area contributed by atoms with Crippen molar-refractivity contribution < 1.29 is 9.53 Å². The molecule has 32 heavy (non-hydrogen) atoms. The fourth-order valence-corrected chi connectivity index (χ4v) is 4.95. The van der Waals surface area contributed by atoms with Crippen molar-refractivity contribution in [2.45, 2.75) is 20.0 Å². The van der Waals surface area contributed by atoms with E-state index in [0.717, 1.165) is 21.1 Å². The number of benzene rings is 1. The van der Waals surface area contributed by atoms with Crippen molar-refractivity contribution in [3.63, 3.8) is 0 Å². The fraction of sp³-hybridized carbons (Fsp3) is 0.261. The number of nitrogens with zero attached hydrogens (tertiary/aromatic N) is 2. The number of amides is 1. The summed E-state index contributed by atoms with van der Waals surface area (Å²) in [7, 11) is 1.63. The van der Waals surface area contributed by atoms with Gasteiger partial charge in [-0.25, -0.2) is 4.98 Å². The molecule has 0 spiro atoms. The first-order valence-corrected chi connectivity index (χ1v) is 11.9. The predicted molar refractivity (Wildman–Crippen MR) is 129 cm³/mol. The van der Waals surface area contributed by atoms with Gasteiger partial charge in [-0.15, -0.1) is 22.7 Å². The largest absolute Gasteiger partial charge is 0.497 e. The quantitative estimate of drug-likeness (QED) is 0.390. The number of aromatic nitrogens is 2. The Bertz CT molecular complexity index is 1250. The van der Waals surface area contributed by atoms with E-state index in [4.69, 9.17) is 4.74 Å². The number of likely N-dealkylation sites (N-methyl/N-ethyl adjacent to an activating group) is 1. The number of ether oxygens (including phenoxy) is 1. The molecule has 0 atom stereocenters. The molecule has 166 valence electrons. The highest BCUT2D eigenvalue weighted by Gasteiger charge is 2.14. The number of aromatic amines is 1. The number of carbonyl (C=O) groups excluding carboxylic acids is 1. The number of carbonyl (C=O) groups is 1. The first-order valence-electron chi connectivity index (χ1n) is 10.2. The lowest BCUT2D eigenvalue weighted by molar-refractivity contribution is -0.122. The highest BCUT2D eigenvalue weighted by molar-refractivity contribution is 7.22. The van der Waals surface area contributed by atoms with Crippen molar-refractivity contribution in [2.75, 3.05) is 20.2 Å². The van der Waals surface area contributed by atoms with Gasteiger partial charge in [0, 0.05) is 9.75 Å². The number of hydrogen-bond acceptors (Lipinski definition) is 7. The molecule has 0 unspecified atom stereocenters. The van der Waals surface area contributed by atoms with E-state index < -0.39 is 0 Å². The Hall–Kier alpha value is -3.01. The molecule has 9 heteroatoms. The topological polar surface area (TPSA) is 87.3 Å². The molecule has 4 rings (SSSR count). The van der Waals surface area contributed by atoms with Gasteiger partial charge in [-0.05, 0) is 53.9 Å². The van der Waals surface area contributed by atoms with Crippen molar-refractivity contribution in [3.05, 3.63) is 68.9 Å². The molecule has 0 radical (unpaired) electrons. The van der Waals surface area contributed by atoms with Gasteiger partial charge in [0.2, 0.25) is 5.91 Å². The van der Waals surface area contributed by atoms with Crippen molar-refractivity contribution in [3.8, 4) is 16.2 Å². The molecule has 3 aromatic heterocycles. The lowest BCUT2D eigenvalue weighted by atomic mass is 10.2. The highest BCUT2D eigenvalue weighted by atomic mass is 32.1. The van der Waals surface area contributed by atoms with Crippen molar-refractivity contribution in [1.82, 2.24) is 20.2 Å². The van der Waals surface area contributed by atoms with E-state index in [2.05, 4.69) is 15.3 Å². The van der Waals surface area contributed by atoms with E-state index in [1.807, 2.05) is 59.7 Å². The third-order valence-electron chi connectivity index (χ3n) is 5.03. The summed E-state index contributed by atoms with van der Waals surface area (Å²) in [5, 5.41) is 4.93. The summed E-state index contributed by atoms with van der Waals surface area (Å²) in [5.41, 5.74) is 1.51. The van der Waals surface area contributed by atoms with Crippen LogP contribution in [0.25, 0.3) is 20.7 Å². The number of nitrogens with one attached hydrogen (secondary N) is 2. The molecular formula is C23H24N4O3S2. The minimum Gasteiger partial charge on any atom is -0.497 e. The number of hydrogen-bond donors (Lipinski definition) is 2. The lowest BCUT2D eigenvalue weighted by Gasteiger charge is -2.19. The van der Waals surface area contributed by atoms with Crippen LogP contribution < -0.4 is 15.6 Å². The van der Waals surface area contributed by atoms with Gasteiger partial charge in [0.15, 0.2) is 0 Å². The summed E-state index contributed by atoms with van der Waals surface area (Å²) in [4.78, 5) is 36.6. The molecule has 0 saturated carbocycles. The number of thiophene rings is 2. The molecule has 0 bridgehead atoms. The average molecular weight is 469 g/mol. The zero-order valence-electron chi connectivity index (χ0n) is 17.9. The standard InChI is InChI=1S/C23H24N4O3S2/c1-3-27(14-21(28)24-12-17-5-4-10-31-17)13-20-25-18-11-19(32-22(18)23(29)26-20)15-6-8-16(30-2)9-7-15/h4-11H,3,12-14H2,1-2H3,(H,24,28)(H,25,26,29). The van der Waals surface area contributed by atoms with Crippen LogP contribution in [-0.2, 0) is 17.9 Å². The maximum atomic E-state index is 12.7.